The normalized spacial score (nSPS) is 12.7. The van der Waals surface area contributed by atoms with E-state index in [0.29, 0.717) is 6.54 Å². The molecule has 2 N–H and O–H groups in total. The Morgan fingerprint density at radius 1 is 1.47 bits per heavy atom. The van der Waals surface area contributed by atoms with Gasteiger partial charge in [-0.25, -0.2) is 0 Å². The van der Waals surface area contributed by atoms with E-state index in [0.717, 1.165) is 11.5 Å². The molecule has 1 aromatic carbocycles. The molecule has 0 spiro atoms. The predicted molar refractivity (Wildman–Crippen MR) is 67.3 cm³/mol. The van der Waals surface area contributed by atoms with Crippen molar-refractivity contribution in [3.05, 3.63) is 35.4 Å². The lowest BCUT2D eigenvalue weighted by Gasteiger charge is -2.09. The third-order valence-electron chi connectivity index (χ3n) is 2.10. The molecule has 0 aliphatic rings. The van der Waals surface area contributed by atoms with Crippen LogP contribution >= 0.6 is 11.8 Å². The standard InChI is InChI=1S/C12H19NOS/c1-10-4-3-5-11(6-10)8-15-9-12(14)7-13-2/h3-6,12-14H,7-9H2,1-2H3. The van der Waals surface area contributed by atoms with Gasteiger partial charge < -0.3 is 10.4 Å². The first-order chi connectivity index (χ1) is 7.22. The third kappa shape index (κ3) is 5.21. The van der Waals surface area contributed by atoms with Crippen LogP contribution in [0.4, 0.5) is 0 Å². The highest BCUT2D eigenvalue weighted by atomic mass is 32.2. The number of hydrogen-bond donors (Lipinski definition) is 2. The molecule has 0 saturated heterocycles. The molecule has 0 aromatic heterocycles. The van der Waals surface area contributed by atoms with Crippen LogP contribution in [0.5, 0.6) is 0 Å². The Morgan fingerprint density at radius 2 is 2.27 bits per heavy atom. The van der Waals surface area contributed by atoms with Crippen LogP contribution < -0.4 is 5.32 Å². The first kappa shape index (κ1) is 12.6. The number of likely N-dealkylation sites (N-methyl/N-ethyl adjacent to an activating group) is 1. The molecule has 1 aromatic rings. The minimum atomic E-state index is -0.246. The molecule has 1 atom stereocenters. The van der Waals surface area contributed by atoms with Crippen molar-refractivity contribution in [3.63, 3.8) is 0 Å². The highest BCUT2D eigenvalue weighted by molar-refractivity contribution is 7.98. The molecular weight excluding hydrogens is 206 g/mol. The minimum absolute atomic E-state index is 0.246. The van der Waals surface area contributed by atoms with Crippen molar-refractivity contribution < 1.29 is 5.11 Å². The lowest BCUT2D eigenvalue weighted by atomic mass is 10.2. The maximum Gasteiger partial charge on any atom is 0.0754 e. The van der Waals surface area contributed by atoms with Gasteiger partial charge in [-0.15, -0.1) is 0 Å². The van der Waals surface area contributed by atoms with Crippen LogP contribution in [-0.4, -0.2) is 30.6 Å². The van der Waals surface area contributed by atoms with Gasteiger partial charge >= 0.3 is 0 Å². The van der Waals surface area contributed by atoms with Crippen LogP contribution in [0.3, 0.4) is 0 Å². The van der Waals surface area contributed by atoms with Crippen molar-refractivity contribution >= 4 is 11.8 Å². The van der Waals surface area contributed by atoms with Gasteiger partial charge in [0, 0.05) is 18.1 Å². The fourth-order valence-corrected chi connectivity index (χ4v) is 2.33. The van der Waals surface area contributed by atoms with Crippen molar-refractivity contribution in [2.45, 2.75) is 18.8 Å². The molecule has 0 aliphatic heterocycles. The average Bonchev–Trinajstić information content (AvgIpc) is 2.18. The molecule has 3 heteroatoms. The second-order valence-corrected chi connectivity index (χ2v) is 4.75. The number of aliphatic hydroxyl groups excluding tert-OH is 1. The summed E-state index contributed by atoms with van der Waals surface area (Å²) in [4.78, 5) is 0. The smallest absolute Gasteiger partial charge is 0.0754 e. The van der Waals surface area contributed by atoms with E-state index >= 15 is 0 Å². The first-order valence-electron chi connectivity index (χ1n) is 5.18. The summed E-state index contributed by atoms with van der Waals surface area (Å²) >= 11 is 1.77. The van der Waals surface area contributed by atoms with Gasteiger partial charge in [-0.05, 0) is 19.5 Å². The average molecular weight is 225 g/mol. The van der Waals surface area contributed by atoms with E-state index in [1.54, 1.807) is 11.8 Å². The van der Waals surface area contributed by atoms with E-state index in [4.69, 9.17) is 0 Å². The minimum Gasteiger partial charge on any atom is -0.391 e. The monoisotopic (exact) mass is 225 g/mol. The molecule has 1 rings (SSSR count). The number of hydrogen-bond acceptors (Lipinski definition) is 3. The van der Waals surface area contributed by atoms with Crippen LogP contribution in [0.15, 0.2) is 24.3 Å². The summed E-state index contributed by atoms with van der Waals surface area (Å²) < 4.78 is 0. The van der Waals surface area contributed by atoms with E-state index in [-0.39, 0.29) is 6.10 Å². The Morgan fingerprint density at radius 3 is 2.93 bits per heavy atom. The third-order valence-corrected chi connectivity index (χ3v) is 3.26. The highest BCUT2D eigenvalue weighted by Gasteiger charge is 2.02. The zero-order valence-corrected chi connectivity index (χ0v) is 10.2. The van der Waals surface area contributed by atoms with E-state index in [9.17, 15) is 5.11 Å². The molecule has 84 valence electrons. The van der Waals surface area contributed by atoms with Gasteiger partial charge in [-0.1, -0.05) is 29.8 Å². The maximum atomic E-state index is 9.50. The molecule has 0 saturated carbocycles. The molecule has 0 radical (unpaired) electrons. The molecule has 1 unspecified atom stereocenters. The second kappa shape index (κ2) is 6.88. The topological polar surface area (TPSA) is 32.3 Å². The Balaban J connectivity index is 2.25. The van der Waals surface area contributed by atoms with Gasteiger partial charge in [-0.2, -0.15) is 11.8 Å². The molecule has 0 heterocycles. The van der Waals surface area contributed by atoms with Crippen molar-refractivity contribution in [3.8, 4) is 0 Å². The first-order valence-corrected chi connectivity index (χ1v) is 6.34. The van der Waals surface area contributed by atoms with Crippen molar-refractivity contribution in [2.75, 3.05) is 19.3 Å². The predicted octanol–water partition coefficient (Wildman–Crippen LogP) is 1.81. The quantitative estimate of drug-likeness (QED) is 0.774. The van der Waals surface area contributed by atoms with Gasteiger partial charge in [-0.3, -0.25) is 0 Å². The molecule has 0 bridgehead atoms. The van der Waals surface area contributed by atoms with Gasteiger partial charge in [0.15, 0.2) is 0 Å². The number of nitrogens with one attached hydrogen (secondary N) is 1. The fraction of sp³-hybridized carbons (Fsp3) is 0.500. The molecule has 0 fully saturated rings. The Labute approximate surface area is 96.1 Å². The Bertz CT molecular complexity index is 291. The van der Waals surface area contributed by atoms with Gasteiger partial charge in [0.25, 0.3) is 0 Å². The Hall–Kier alpha value is -0.510. The molecule has 0 amide bonds. The van der Waals surface area contributed by atoms with Crippen LogP contribution in [0, 0.1) is 6.92 Å². The summed E-state index contributed by atoms with van der Waals surface area (Å²) in [5, 5.41) is 12.5. The zero-order chi connectivity index (χ0) is 11.1. The maximum absolute atomic E-state index is 9.50. The molecule has 2 nitrogen and oxygen atoms in total. The van der Waals surface area contributed by atoms with E-state index in [1.807, 2.05) is 7.05 Å². The number of rotatable bonds is 6. The van der Waals surface area contributed by atoms with Crippen molar-refractivity contribution in [1.82, 2.24) is 5.32 Å². The van der Waals surface area contributed by atoms with Gasteiger partial charge in [0.1, 0.15) is 0 Å². The summed E-state index contributed by atoms with van der Waals surface area (Å²) in [6, 6.07) is 8.50. The summed E-state index contributed by atoms with van der Waals surface area (Å²) in [5.41, 5.74) is 2.63. The van der Waals surface area contributed by atoms with Gasteiger partial charge in [0.2, 0.25) is 0 Å². The van der Waals surface area contributed by atoms with Crippen molar-refractivity contribution in [2.24, 2.45) is 0 Å². The fourth-order valence-electron chi connectivity index (χ4n) is 1.41. The van der Waals surface area contributed by atoms with Gasteiger partial charge in [0.05, 0.1) is 6.10 Å². The van der Waals surface area contributed by atoms with Crippen molar-refractivity contribution in [1.29, 1.82) is 0 Å². The largest absolute Gasteiger partial charge is 0.391 e. The summed E-state index contributed by atoms with van der Waals surface area (Å²) in [7, 11) is 1.86. The molecule has 15 heavy (non-hydrogen) atoms. The number of thioether (sulfide) groups is 1. The van der Waals surface area contributed by atoms with Crippen LogP contribution in [0.1, 0.15) is 11.1 Å². The van der Waals surface area contributed by atoms with Crippen LogP contribution in [-0.2, 0) is 5.75 Å². The summed E-state index contributed by atoms with van der Waals surface area (Å²) in [6.45, 7) is 2.77. The molecule has 0 aliphatic carbocycles. The van der Waals surface area contributed by atoms with E-state index in [2.05, 4.69) is 36.5 Å². The number of aryl methyl sites for hydroxylation is 1. The van der Waals surface area contributed by atoms with E-state index in [1.165, 1.54) is 11.1 Å². The van der Waals surface area contributed by atoms with Crippen LogP contribution in [0.25, 0.3) is 0 Å². The second-order valence-electron chi connectivity index (χ2n) is 3.72. The highest BCUT2D eigenvalue weighted by Crippen LogP contribution is 2.14. The summed E-state index contributed by atoms with van der Waals surface area (Å²) in [5.74, 6) is 1.76. The Kier molecular flexibility index (Phi) is 5.76. The van der Waals surface area contributed by atoms with E-state index < -0.39 is 0 Å². The zero-order valence-electron chi connectivity index (χ0n) is 9.36. The SMILES string of the molecule is CNCC(O)CSCc1cccc(C)c1. The molecular formula is C12H19NOS. The van der Waals surface area contributed by atoms with Crippen LogP contribution in [0.2, 0.25) is 0 Å². The number of benzene rings is 1. The lowest BCUT2D eigenvalue weighted by Crippen LogP contribution is -2.25. The lowest BCUT2D eigenvalue weighted by molar-refractivity contribution is 0.199. The summed E-state index contributed by atoms with van der Waals surface area (Å²) in [6.07, 6.45) is -0.246. The number of aliphatic hydroxyl groups is 1.